The van der Waals surface area contributed by atoms with Crippen LogP contribution in [0.4, 0.5) is 0 Å². The minimum absolute atomic E-state index is 0.0262. The smallest absolute Gasteiger partial charge is 0.250 e. The molecule has 96 valence electrons. The van der Waals surface area contributed by atoms with Gasteiger partial charge in [-0.25, -0.2) is 13.1 Å². The molecule has 1 aromatic rings. The highest BCUT2D eigenvalue weighted by Gasteiger charge is 2.31. The van der Waals surface area contributed by atoms with Crippen LogP contribution in [-0.4, -0.2) is 26.2 Å². The molecule has 1 aromatic heterocycles. The number of halogens is 1. The Hall–Kier alpha value is -0.140. The molecule has 0 saturated heterocycles. The predicted octanol–water partition coefficient (Wildman–Crippen LogP) is 1.84. The molecule has 1 fully saturated rings. The van der Waals surface area contributed by atoms with E-state index in [2.05, 4.69) is 4.72 Å². The summed E-state index contributed by atoms with van der Waals surface area (Å²) in [4.78, 5) is 0. The second kappa shape index (κ2) is 5.24. The third-order valence-corrected chi connectivity index (χ3v) is 6.23. The van der Waals surface area contributed by atoms with Crippen molar-refractivity contribution < 1.29 is 13.5 Å². The Morgan fingerprint density at radius 3 is 2.82 bits per heavy atom. The standard InChI is InChI=1S/C10H14ClNO3S2/c11-9-4-5-10(16-9)17(14,15)12-8-3-1-2-7(8)6-13/h4-5,7-8,12-13H,1-3,6H2. The summed E-state index contributed by atoms with van der Waals surface area (Å²) in [5.74, 6) is 0.0280. The fourth-order valence-corrected chi connectivity index (χ4v) is 4.95. The first-order valence-electron chi connectivity index (χ1n) is 5.41. The predicted molar refractivity (Wildman–Crippen MR) is 67.9 cm³/mol. The van der Waals surface area contributed by atoms with E-state index in [4.69, 9.17) is 16.7 Å². The van der Waals surface area contributed by atoms with Crippen LogP contribution in [0.25, 0.3) is 0 Å². The van der Waals surface area contributed by atoms with Crippen molar-refractivity contribution >= 4 is 33.0 Å². The number of nitrogens with one attached hydrogen (secondary N) is 1. The normalized spacial score (nSPS) is 25.3. The number of thiophene rings is 1. The molecule has 2 rings (SSSR count). The van der Waals surface area contributed by atoms with E-state index < -0.39 is 10.0 Å². The number of rotatable bonds is 4. The van der Waals surface area contributed by atoms with Gasteiger partial charge in [0.25, 0.3) is 0 Å². The Kier molecular flexibility index (Phi) is 4.10. The lowest BCUT2D eigenvalue weighted by atomic mass is 10.1. The van der Waals surface area contributed by atoms with Crippen LogP contribution in [-0.2, 0) is 10.0 Å². The third-order valence-electron chi connectivity index (χ3n) is 3.01. The lowest BCUT2D eigenvalue weighted by Crippen LogP contribution is -2.38. The van der Waals surface area contributed by atoms with Gasteiger partial charge in [0.2, 0.25) is 10.0 Å². The summed E-state index contributed by atoms with van der Waals surface area (Å²) in [5.41, 5.74) is 0. The molecular weight excluding hydrogens is 282 g/mol. The SMILES string of the molecule is O=S(=O)(NC1CCCC1CO)c1ccc(Cl)s1. The van der Waals surface area contributed by atoms with E-state index >= 15 is 0 Å². The Labute approximate surface area is 110 Å². The molecule has 0 spiro atoms. The zero-order chi connectivity index (χ0) is 12.5. The van der Waals surface area contributed by atoms with Crippen molar-refractivity contribution in [3.8, 4) is 0 Å². The molecule has 1 aliphatic rings. The molecule has 1 heterocycles. The number of hydrogen-bond donors (Lipinski definition) is 2. The molecule has 2 unspecified atom stereocenters. The molecule has 1 aliphatic carbocycles. The van der Waals surface area contributed by atoms with Crippen molar-refractivity contribution in [2.75, 3.05) is 6.61 Å². The number of hydrogen-bond acceptors (Lipinski definition) is 4. The molecule has 1 saturated carbocycles. The maximum absolute atomic E-state index is 12.0. The average molecular weight is 296 g/mol. The van der Waals surface area contributed by atoms with Crippen molar-refractivity contribution in [3.05, 3.63) is 16.5 Å². The van der Waals surface area contributed by atoms with E-state index in [1.54, 1.807) is 6.07 Å². The van der Waals surface area contributed by atoms with E-state index in [1.165, 1.54) is 6.07 Å². The largest absolute Gasteiger partial charge is 0.396 e. The lowest BCUT2D eigenvalue weighted by Gasteiger charge is -2.18. The van der Waals surface area contributed by atoms with Gasteiger partial charge in [-0.2, -0.15) is 0 Å². The van der Waals surface area contributed by atoms with Crippen LogP contribution in [0.15, 0.2) is 16.3 Å². The van der Waals surface area contributed by atoms with Crippen LogP contribution in [0, 0.1) is 5.92 Å². The minimum atomic E-state index is -3.49. The highest BCUT2D eigenvalue weighted by molar-refractivity contribution is 7.91. The third kappa shape index (κ3) is 3.00. The van der Waals surface area contributed by atoms with Crippen LogP contribution in [0.5, 0.6) is 0 Å². The summed E-state index contributed by atoms with van der Waals surface area (Å²) in [6, 6.07) is 2.91. The molecule has 2 atom stereocenters. The zero-order valence-electron chi connectivity index (χ0n) is 9.10. The van der Waals surface area contributed by atoms with E-state index in [1.807, 2.05) is 0 Å². The van der Waals surface area contributed by atoms with Crippen molar-refractivity contribution in [2.45, 2.75) is 29.5 Å². The number of sulfonamides is 1. The highest BCUT2D eigenvalue weighted by Crippen LogP contribution is 2.29. The highest BCUT2D eigenvalue weighted by atomic mass is 35.5. The van der Waals surface area contributed by atoms with Gasteiger partial charge in [0.15, 0.2) is 0 Å². The van der Waals surface area contributed by atoms with E-state index in [9.17, 15) is 8.42 Å². The summed E-state index contributed by atoms with van der Waals surface area (Å²) in [6.07, 6.45) is 2.60. The van der Waals surface area contributed by atoms with Gasteiger partial charge in [-0.15, -0.1) is 11.3 Å². The van der Waals surface area contributed by atoms with Crippen LogP contribution in [0.2, 0.25) is 4.34 Å². The number of aliphatic hydroxyl groups is 1. The van der Waals surface area contributed by atoms with Crippen molar-refractivity contribution in [1.29, 1.82) is 0 Å². The van der Waals surface area contributed by atoms with Crippen molar-refractivity contribution in [2.24, 2.45) is 5.92 Å². The monoisotopic (exact) mass is 295 g/mol. The zero-order valence-corrected chi connectivity index (χ0v) is 11.5. The molecule has 0 bridgehead atoms. The average Bonchev–Trinajstić information content (AvgIpc) is 2.86. The molecule has 0 aliphatic heterocycles. The summed E-state index contributed by atoms with van der Waals surface area (Å²) < 4.78 is 27.4. The first kappa shape index (κ1) is 13.3. The van der Waals surface area contributed by atoms with Crippen LogP contribution < -0.4 is 4.72 Å². The van der Waals surface area contributed by atoms with E-state index in [-0.39, 0.29) is 22.8 Å². The quantitative estimate of drug-likeness (QED) is 0.891. The maximum atomic E-state index is 12.0. The van der Waals surface area contributed by atoms with Crippen LogP contribution in [0.3, 0.4) is 0 Å². The molecule has 0 aromatic carbocycles. The molecule has 0 amide bonds. The Balaban J connectivity index is 2.12. The van der Waals surface area contributed by atoms with Crippen molar-refractivity contribution in [1.82, 2.24) is 4.72 Å². The van der Waals surface area contributed by atoms with E-state index in [0.29, 0.717) is 4.34 Å². The fraction of sp³-hybridized carbons (Fsp3) is 0.600. The molecule has 4 nitrogen and oxygen atoms in total. The second-order valence-corrected chi connectivity index (χ2v) is 7.82. The lowest BCUT2D eigenvalue weighted by molar-refractivity contribution is 0.213. The molecule has 7 heteroatoms. The van der Waals surface area contributed by atoms with Crippen LogP contribution in [0.1, 0.15) is 19.3 Å². The van der Waals surface area contributed by atoms with Gasteiger partial charge in [-0.3, -0.25) is 0 Å². The summed E-state index contributed by atoms with van der Waals surface area (Å²) in [5, 5.41) is 9.15. The van der Waals surface area contributed by atoms with Gasteiger partial charge in [0, 0.05) is 12.6 Å². The first-order valence-corrected chi connectivity index (χ1v) is 8.09. The summed E-state index contributed by atoms with van der Waals surface area (Å²) >= 11 is 6.76. The topological polar surface area (TPSA) is 66.4 Å². The number of aliphatic hydroxyl groups excluding tert-OH is 1. The Morgan fingerprint density at radius 2 is 2.24 bits per heavy atom. The second-order valence-electron chi connectivity index (χ2n) is 4.16. The van der Waals surface area contributed by atoms with Gasteiger partial charge < -0.3 is 5.11 Å². The summed E-state index contributed by atoms with van der Waals surface area (Å²) in [7, 11) is -3.49. The molecule has 2 N–H and O–H groups in total. The summed E-state index contributed by atoms with van der Waals surface area (Å²) in [6.45, 7) is 0.0262. The molecule has 17 heavy (non-hydrogen) atoms. The van der Waals surface area contributed by atoms with Gasteiger partial charge in [0.05, 0.1) is 4.34 Å². The van der Waals surface area contributed by atoms with Gasteiger partial charge in [-0.1, -0.05) is 18.0 Å². The van der Waals surface area contributed by atoms with E-state index in [0.717, 1.165) is 30.6 Å². The first-order chi connectivity index (χ1) is 8.03. The van der Waals surface area contributed by atoms with Crippen molar-refractivity contribution in [3.63, 3.8) is 0 Å². The van der Waals surface area contributed by atoms with Crippen LogP contribution >= 0.6 is 22.9 Å². The molecular formula is C10H14ClNO3S2. The van der Waals surface area contributed by atoms with Gasteiger partial charge in [0.1, 0.15) is 4.21 Å². The molecule has 0 radical (unpaired) electrons. The fourth-order valence-electron chi connectivity index (χ4n) is 2.11. The van der Waals surface area contributed by atoms with Gasteiger partial charge >= 0.3 is 0 Å². The Bertz CT molecular complexity index is 485. The maximum Gasteiger partial charge on any atom is 0.250 e. The van der Waals surface area contributed by atoms with Gasteiger partial charge in [-0.05, 0) is 30.9 Å². The minimum Gasteiger partial charge on any atom is -0.396 e. The Morgan fingerprint density at radius 1 is 1.47 bits per heavy atom.